The van der Waals surface area contributed by atoms with Crippen LogP contribution in [0.4, 0.5) is 0 Å². The number of hydrogen-bond donors (Lipinski definition) is 0. The van der Waals surface area contributed by atoms with Crippen molar-refractivity contribution in [1.29, 1.82) is 0 Å². The maximum atomic E-state index is 12.6. The number of carbonyl (C=O) groups is 1. The quantitative estimate of drug-likeness (QED) is 0.773. The number of methoxy groups -OCH3 is 1. The highest BCUT2D eigenvalue weighted by atomic mass is 16.5. The molecule has 4 rings (SSSR count). The maximum Gasteiger partial charge on any atom is 0.139 e. The van der Waals surface area contributed by atoms with Crippen LogP contribution in [-0.4, -0.2) is 19.0 Å². The van der Waals surface area contributed by atoms with Crippen molar-refractivity contribution in [2.75, 3.05) is 7.11 Å². The highest BCUT2D eigenvalue weighted by molar-refractivity contribution is 5.85. The van der Waals surface area contributed by atoms with Crippen LogP contribution in [0, 0.1) is 17.3 Å². The number of ketones is 1. The molecule has 0 saturated heterocycles. The second-order valence-electron chi connectivity index (χ2n) is 7.79. The first kappa shape index (κ1) is 15.0. The van der Waals surface area contributed by atoms with Crippen molar-refractivity contribution in [3.63, 3.8) is 0 Å². The van der Waals surface area contributed by atoms with Crippen LogP contribution < -0.4 is 9.47 Å². The average Bonchev–Trinajstić information content (AvgIpc) is 2.55. The van der Waals surface area contributed by atoms with Gasteiger partial charge >= 0.3 is 0 Å². The third-order valence-corrected chi connectivity index (χ3v) is 6.75. The van der Waals surface area contributed by atoms with Gasteiger partial charge in [-0.1, -0.05) is 13.0 Å². The minimum atomic E-state index is -0.124. The zero-order chi connectivity index (χ0) is 16.2. The maximum absolute atomic E-state index is 12.6. The summed E-state index contributed by atoms with van der Waals surface area (Å²) in [4.78, 5) is 12.6. The zero-order valence-electron chi connectivity index (χ0n) is 14.3. The Bertz CT molecular complexity index is 638. The lowest BCUT2D eigenvalue weighted by atomic mass is 9.51. The molecule has 0 amide bonds. The summed E-state index contributed by atoms with van der Waals surface area (Å²) in [7, 11) is 1.69. The van der Waals surface area contributed by atoms with Crippen LogP contribution in [0.2, 0.25) is 0 Å². The number of Topliss-reactive ketones (excluding diaryl/α,β-unsaturated/α-hetero) is 1. The van der Waals surface area contributed by atoms with Gasteiger partial charge in [-0.15, -0.1) is 0 Å². The SMILES string of the molecule is COc1ccc2c(c1)O[C@@H](C)[C@H]1[C@@H]2CC[C@]2(C)C(=O)CCC[C@H]12. The number of carbonyl (C=O) groups excluding carboxylic acids is 1. The molecule has 0 N–H and O–H groups in total. The van der Waals surface area contributed by atoms with E-state index in [1.807, 2.05) is 12.1 Å². The van der Waals surface area contributed by atoms with Crippen LogP contribution in [0.3, 0.4) is 0 Å². The molecule has 124 valence electrons. The summed E-state index contributed by atoms with van der Waals surface area (Å²) in [5.74, 6) is 3.75. The van der Waals surface area contributed by atoms with Crippen LogP contribution in [0.1, 0.15) is 57.4 Å². The fourth-order valence-electron chi connectivity index (χ4n) is 5.51. The summed E-state index contributed by atoms with van der Waals surface area (Å²) in [6.45, 7) is 4.40. The molecule has 2 aliphatic carbocycles. The van der Waals surface area contributed by atoms with Crippen molar-refractivity contribution in [1.82, 2.24) is 0 Å². The van der Waals surface area contributed by atoms with Gasteiger partial charge in [-0.25, -0.2) is 0 Å². The number of hydrogen-bond acceptors (Lipinski definition) is 3. The zero-order valence-corrected chi connectivity index (χ0v) is 14.3. The van der Waals surface area contributed by atoms with Gasteiger partial charge in [-0.05, 0) is 56.1 Å². The van der Waals surface area contributed by atoms with Gasteiger partial charge in [0.25, 0.3) is 0 Å². The summed E-state index contributed by atoms with van der Waals surface area (Å²) < 4.78 is 11.6. The molecular formula is C20H26O3. The third kappa shape index (κ3) is 2.12. The molecule has 0 bridgehead atoms. The molecule has 2 fully saturated rings. The average molecular weight is 314 g/mol. The van der Waals surface area contributed by atoms with Gasteiger partial charge in [0, 0.05) is 23.8 Å². The minimum Gasteiger partial charge on any atom is -0.497 e. The predicted molar refractivity (Wildman–Crippen MR) is 89.0 cm³/mol. The largest absolute Gasteiger partial charge is 0.497 e. The van der Waals surface area contributed by atoms with E-state index in [0.29, 0.717) is 23.5 Å². The van der Waals surface area contributed by atoms with Gasteiger partial charge in [0.1, 0.15) is 17.3 Å². The number of fused-ring (bicyclic) bond motifs is 5. The Labute approximate surface area is 138 Å². The molecule has 3 aliphatic rings. The Morgan fingerprint density at radius 1 is 1.30 bits per heavy atom. The normalized spacial score (nSPS) is 38.8. The first-order valence-corrected chi connectivity index (χ1v) is 8.92. The van der Waals surface area contributed by atoms with Crippen molar-refractivity contribution < 1.29 is 14.3 Å². The lowest BCUT2D eigenvalue weighted by Crippen LogP contribution is -2.53. The first-order chi connectivity index (χ1) is 11.0. The molecule has 0 radical (unpaired) electrons. The van der Waals surface area contributed by atoms with Crippen LogP contribution in [0.5, 0.6) is 11.5 Å². The highest BCUT2D eigenvalue weighted by Gasteiger charge is 2.55. The van der Waals surface area contributed by atoms with Gasteiger partial charge in [-0.2, -0.15) is 0 Å². The highest BCUT2D eigenvalue weighted by Crippen LogP contribution is 2.59. The first-order valence-electron chi connectivity index (χ1n) is 8.92. The van der Waals surface area contributed by atoms with E-state index in [9.17, 15) is 4.79 Å². The van der Waals surface area contributed by atoms with E-state index in [4.69, 9.17) is 9.47 Å². The summed E-state index contributed by atoms with van der Waals surface area (Å²) in [5, 5.41) is 0. The van der Waals surface area contributed by atoms with Gasteiger partial charge in [0.15, 0.2) is 0 Å². The van der Waals surface area contributed by atoms with Crippen molar-refractivity contribution in [2.45, 2.75) is 58.0 Å². The van der Waals surface area contributed by atoms with Crippen LogP contribution in [0.15, 0.2) is 18.2 Å². The lowest BCUT2D eigenvalue weighted by molar-refractivity contribution is -0.143. The van der Waals surface area contributed by atoms with Gasteiger partial charge in [0.05, 0.1) is 13.2 Å². The van der Waals surface area contributed by atoms with Crippen molar-refractivity contribution >= 4 is 5.78 Å². The molecule has 3 heteroatoms. The van der Waals surface area contributed by atoms with Gasteiger partial charge in [-0.3, -0.25) is 4.79 Å². The molecule has 1 heterocycles. The summed E-state index contributed by atoms with van der Waals surface area (Å²) in [5.41, 5.74) is 1.19. The molecule has 3 nitrogen and oxygen atoms in total. The number of ether oxygens (including phenoxy) is 2. The lowest BCUT2D eigenvalue weighted by Gasteiger charge is -2.54. The molecule has 1 aromatic rings. The summed E-state index contributed by atoms with van der Waals surface area (Å²) >= 11 is 0. The van der Waals surface area contributed by atoms with E-state index in [1.165, 1.54) is 12.0 Å². The van der Waals surface area contributed by atoms with E-state index in [2.05, 4.69) is 19.9 Å². The molecular weight excluding hydrogens is 288 g/mol. The summed E-state index contributed by atoms with van der Waals surface area (Å²) in [6.07, 6.45) is 5.27. The molecule has 23 heavy (non-hydrogen) atoms. The van der Waals surface area contributed by atoms with Gasteiger partial charge < -0.3 is 9.47 Å². The van der Waals surface area contributed by atoms with Crippen LogP contribution >= 0.6 is 0 Å². The minimum absolute atomic E-state index is 0.124. The van der Waals surface area contributed by atoms with E-state index < -0.39 is 0 Å². The fraction of sp³-hybridized carbons (Fsp3) is 0.650. The van der Waals surface area contributed by atoms with E-state index in [1.54, 1.807) is 7.11 Å². The third-order valence-electron chi connectivity index (χ3n) is 6.75. The smallest absolute Gasteiger partial charge is 0.139 e. The van der Waals surface area contributed by atoms with Crippen LogP contribution in [-0.2, 0) is 4.79 Å². The van der Waals surface area contributed by atoms with Gasteiger partial charge in [0.2, 0.25) is 0 Å². The Morgan fingerprint density at radius 3 is 2.91 bits per heavy atom. The number of benzene rings is 1. The molecule has 1 aromatic carbocycles. The Morgan fingerprint density at radius 2 is 2.13 bits per heavy atom. The standard InChI is InChI=1S/C20H26O3/c1-12-19-15(14-8-7-13(22-3)11-17(14)23-12)9-10-20(2)16(19)5-4-6-18(20)21/h7-8,11-12,15-16,19H,4-6,9-10H2,1-3H3/t12-,15+,16+,19-,20-/m0/s1. The Balaban J connectivity index is 1.74. The molecule has 0 unspecified atom stereocenters. The molecule has 0 aromatic heterocycles. The van der Waals surface area contributed by atoms with E-state index in [-0.39, 0.29) is 11.5 Å². The van der Waals surface area contributed by atoms with Crippen molar-refractivity contribution in [3.8, 4) is 11.5 Å². The molecule has 5 atom stereocenters. The molecule has 2 saturated carbocycles. The van der Waals surface area contributed by atoms with E-state index in [0.717, 1.165) is 37.2 Å². The number of rotatable bonds is 1. The fourth-order valence-corrected chi connectivity index (χ4v) is 5.51. The Hall–Kier alpha value is -1.51. The predicted octanol–water partition coefficient (Wildman–Crippen LogP) is 4.35. The monoisotopic (exact) mass is 314 g/mol. The van der Waals surface area contributed by atoms with Crippen molar-refractivity contribution in [2.24, 2.45) is 17.3 Å². The summed E-state index contributed by atoms with van der Waals surface area (Å²) in [6, 6.07) is 6.22. The van der Waals surface area contributed by atoms with E-state index >= 15 is 0 Å². The van der Waals surface area contributed by atoms with Crippen molar-refractivity contribution in [3.05, 3.63) is 23.8 Å². The van der Waals surface area contributed by atoms with Crippen LogP contribution in [0.25, 0.3) is 0 Å². The second kappa shape index (κ2) is 5.25. The molecule has 0 spiro atoms. The Kier molecular flexibility index (Phi) is 3.44. The molecule has 1 aliphatic heterocycles. The second-order valence-corrected chi connectivity index (χ2v) is 7.79. The topological polar surface area (TPSA) is 35.5 Å².